The summed E-state index contributed by atoms with van der Waals surface area (Å²) in [5, 5.41) is 15.3. The van der Waals surface area contributed by atoms with Gasteiger partial charge in [0.1, 0.15) is 0 Å². The first-order valence-electron chi connectivity index (χ1n) is 13.4. The lowest BCUT2D eigenvalue weighted by atomic mass is 9.49. The number of hydrogen-bond donors (Lipinski definition) is 3. The minimum atomic E-state index is -0.581. The molecule has 198 valence electrons. The van der Waals surface area contributed by atoms with Crippen molar-refractivity contribution in [2.45, 2.75) is 38.7 Å². The van der Waals surface area contributed by atoms with Crippen LogP contribution >= 0.6 is 0 Å². The lowest BCUT2D eigenvalue weighted by Crippen LogP contribution is -2.48. The van der Waals surface area contributed by atoms with Crippen LogP contribution in [0.25, 0.3) is 10.9 Å². The molecule has 3 N–H and O–H groups in total. The van der Waals surface area contributed by atoms with Crippen LogP contribution in [0.4, 0.5) is 0 Å². The number of aliphatic hydroxyl groups is 1. The molecule has 2 bridgehead atoms. The smallest absolute Gasteiger partial charge is 0.164 e. The summed E-state index contributed by atoms with van der Waals surface area (Å²) < 4.78 is 17.3. The molecule has 0 spiro atoms. The Labute approximate surface area is 220 Å². The van der Waals surface area contributed by atoms with Crippen LogP contribution in [0.3, 0.4) is 0 Å². The number of fused-ring (bicyclic) bond motifs is 2. The molecule has 2 aromatic carbocycles. The molecule has 6 rings (SSSR count). The van der Waals surface area contributed by atoms with Crippen molar-refractivity contribution >= 4 is 10.9 Å². The van der Waals surface area contributed by atoms with Crippen LogP contribution in [-0.4, -0.2) is 56.7 Å². The van der Waals surface area contributed by atoms with Gasteiger partial charge in [-0.15, -0.1) is 0 Å². The number of aromatic nitrogens is 1. The Hall–Kier alpha value is -2.80. The molecule has 3 aromatic rings. The van der Waals surface area contributed by atoms with Crippen LogP contribution < -0.4 is 14.8 Å². The van der Waals surface area contributed by atoms with E-state index in [4.69, 9.17) is 14.2 Å². The number of para-hydroxylation sites is 2. The second-order valence-corrected chi connectivity index (χ2v) is 11.1. The second-order valence-electron chi connectivity index (χ2n) is 11.1. The molecule has 6 nitrogen and oxygen atoms in total. The predicted octanol–water partition coefficient (Wildman–Crippen LogP) is 5.28. The van der Waals surface area contributed by atoms with Gasteiger partial charge in [-0.25, -0.2) is 0 Å². The molecule has 0 saturated heterocycles. The maximum atomic E-state index is 10.7. The third kappa shape index (κ3) is 5.02. The van der Waals surface area contributed by atoms with Crippen LogP contribution in [0.1, 0.15) is 43.7 Å². The van der Waals surface area contributed by atoms with E-state index in [1.807, 2.05) is 18.2 Å². The van der Waals surface area contributed by atoms with Crippen molar-refractivity contribution in [1.82, 2.24) is 10.3 Å². The predicted molar refractivity (Wildman–Crippen MR) is 147 cm³/mol. The Morgan fingerprint density at radius 3 is 2.65 bits per heavy atom. The molecule has 1 aromatic heterocycles. The number of H-pyrrole nitrogens is 1. The number of aromatic amines is 1. The van der Waals surface area contributed by atoms with E-state index in [0.717, 1.165) is 29.2 Å². The fourth-order valence-electron chi connectivity index (χ4n) is 6.36. The van der Waals surface area contributed by atoms with Gasteiger partial charge in [-0.1, -0.05) is 50.3 Å². The highest BCUT2D eigenvalue weighted by atomic mass is 16.5. The Balaban J connectivity index is 1.24. The number of aliphatic hydroxyl groups excluding tert-OH is 1. The average Bonchev–Trinajstić information content (AvgIpc) is 3.34. The van der Waals surface area contributed by atoms with Crippen molar-refractivity contribution in [2.24, 2.45) is 17.3 Å². The first-order chi connectivity index (χ1) is 17.9. The highest BCUT2D eigenvalue weighted by Gasteiger charge is 2.50. The number of rotatable bonds is 12. The summed E-state index contributed by atoms with van der Waals surface area (Å²) in [6.07, 6.45) is 6.30. The quantitative estimate of drug-likeness (QED) is 0.293. The van der Waals surface area contributed by atoms with Crippen molar-refractivity contribution in [3.63, 3.8) is 0 Å². The van der Waals surface area contributed by atoms with E-state index in [1.165, 1.54) is 22.9 Å². The van der Waals surface area contributed by atoms with Gasteiger partial charge >= 0.3 is 0 Å². The van der Waals surface area contributed by atoms with Gasteiger partial charge in [-0.3, -0.25) is 0 Å². The molecule has 1 saturated carbocycles. The molecule has 0 amide bonds. The Kier molecular flexibility index (Phi) is 7.61. The fourth-order valence-corrected chi connectivity index (χ4v) is 6.36. The summed E-state index contributed by atoms with van der Waals surface area (Å²) in [5.41, 5.74) is 5.11. The average molecular weight is 505 g/mol. The zero-order chi connectivity index (χ0) is 26.0. The first-order valence-corrected chi connectivity index (χ1v) is 13.4. The summed E-state index contributed by atoms with van der Waals surface area (Å²) in [4.78, 5) is 3.40. The summed E-state index contributed by atoms with van der Waals surface area (Å²) in [7, 11) is 3.33. The molecule has 37 heavy (non-hydrogen) atoms. The molecule has 4 atom stereocenters. The van der Waals surface area contributed by atoms with Gasteiger partial charge in [-0.2, -0.15) is 0 Å². The number of methoxy groups -OCH3 is 2. The highest BCUT2D eigenvalue weighted by molar-refractivity contribution is 5.84. The molecule has 6 heteroatoms. The number of ether oxygens (including phenoxy) is 3. The standard InChI is InChI=1S/C31H40N2O4/c1-31(2)21-13-12-20(27(31)14-21)18-37-19-22(34)15-32-16-25(24-9-7-11-29(35-3)30(24)36-4)26-17-33-28-10-6-5-8-23(26)28/h5-12,17,21-22,25,27,32-34H,13-16,18-19H2,1-4H3/t21-,22+,25+,27-/m0/s1. The van der Waals surface area contributed by atoms with Crippen molar-refractivity contribution < 1.29 is 19.3 Å². The Morgan fingerprint density at radius 1 is 1.05 bits per heavy atom. The molecule has 0 radical (unpaired) electrons. The molecule has 3 aliphatic rings. The number of nitrogens with one attached hydrogen (secondary N) is 2. The molecule has 0 unspecified atom stereocenters. The van der Waals surface area contributed by atoms with Crippen LogP contribution in [0.15, 0.2) is 60.3 Å². The zero-order valence-electron chi connectivity index (χ0n) is 22.4. The number of allylic oxidation sites excluding steroid dienone is 1. The van der Waals surface area contributed by atoms with Crippen molar-refractivity contribution in [3.8, 4) is 11.5 Å². The summed E-state index contributed by atoms with van der Waals surface area (Å²) >= 11 is 0. The van der Waals surface area contributed by atoms with Gasteiger partial charge in [0, 0.05) is 41.7 Å². The van der Waals surface area contributed by atoms with Crippen LogP contribution in [0, 0.1) is 17.3 Å². The van der Waals surface area contributed by atoms with E-state index in [9.17, 15) is 5.11 Å². The maximum Gasteiger partial charge on any atom is 0.164 e. The van der Waals surface area contributed by atoms with E-state index >= 15 is 0 Å². The van der Waals surface area contributed by atoms with Gasteiger partial charge in [-0.05, 0) is 53.4 Å². The van der Waals surface area contributed by atoms with E-state index in [1.54, 1.807) is 14.2 Å². The van der Waals surface area contributed by atoms with Gasteiger partial charge in [0.15, 0.2) is 11.5 Å². The largest absolute Gasteiger partial charge is 0.493 e. The number of hydrogen-bond acceptors (Lipinski definition) is 5. The Morgan fingerprint density at radius 2 is 1.89 bits per heavy atom. The molecule has 1 heterocycles. The normalized spacial score (nSPS) is 21.7. The van der Waals surface area contributed by atoms with Gasteiger partial charge in [0.2, 0.25) is 0 Å². The molecule has 1 fully saturated rings. The van der Waals surface area contributed by atoms with Gasteiger partial charge in [0.25, 0.3) is 0 Å². The third-order valence-electron chi connectivity index (χ3n) is 8.70. The van der Waals surface area contributed by atoms with Crippen molar-refractivity contribution in [2.75, 3.05) is 40.5 Å². The molecular formula is C31H40N2O4. The number of benzene rings is 2. The summed E-state index contributed by atoms with van der Waals surface area (Å²) in [6, 6.07) is 14.3. The maximum absolute atomic E-state index is 10.7. The minimum absolute atomic E-state index is 0.00416. The van der Waals surface area contributed by atoms with E-state index in [-0.39, 0.29) is 5.92 Å². The van der Waals surface area contributed by atoms with E-state index in [0.29, 0.717) is 43.4 Å². The van der Waals surface area contributed by atoms with E-state index in [2.05, 4.69) is 60.7 Å². The lowest BCUT2D eigenvalue weighted by Gasteiger charge is -2.56. The Bertz CT molecular complexity index is 1250. The third-order valence-corrected chi connectivity index (χ3v) is 8.70. The van der Waals surface area contributed by atoms with Crippen LogP contribution in [-0.2, 0) is 4.74 Å². The van der Waals surface area contributed by atoms with Crippen molar-refractivity contribution in [1.29, 1.82) is 0 Å². The summed E-state index contributed by atoms with van der Waals surface area (Å²) in [6.45, 7) is 6.77. The molecular weight excluding hydrogens is 464 g/mol. The monoisotopic (exact) mass is 504 g/mol. The van der Waals surface area contributed by atoms with Crippen LogP contribution in [0.2, 0.25) is 0 Å². The van der Waals surface area contributed by atoms with Gasteiger partial charge < -0.3 is 29.6 Å². The highest BCUT2D eigenvalue weighted by Crippen LogP contribution is 2.59. The van der Waals surface area contributed by atoms with Crippen LogP contribution in [0.5, 0.6) is 11.5 Å². The zero-order valence-corrected chi connectivity index (χ0v) is 22.4. The minimum Gasteiger partial charge on any atom is -0.493 e. The topological polar surface area (TPSA) is 75.7 Å². The molecule has 3 aliphatic carbocycles. The summed E-state index contributed by atoms with van der Waals surface area (Å²) in [5.74, 6) is 2.89. The SMILES string of the molecule is COc1cccc([C@@H](CNC[C@@H](O)COCC2=CC[C@H]3C[C@@H]2C3(C)C)c2c[nH]c3ccccc23)c1OC. The van der Waals surface area contributed by atoms with Gasteiger partial charge in [0.05, 0.1) is 33.5 Å². The van der Waals surface area contributed by atoms with E-state index < -0.39 is 6.10 Å². The van der Waals surface area contributed by atoms with Crippen molar-refractivity contribution in [3.05, 3.63) is 71.4 Å². The molecule has 0 aliphatic heterocycles. The fraction of sp³-hybridized carbons (Fsp3) is 0.484. The second kappa shape index (κ2) is 10.9. The lowest BCUT2D eigenvalue weighted by molar-refractivity contribution is -0.0235. The first kappa shape index (κ1) is 25.8.